The normalized spacial score (nSPS) is 10.7. The van der Waals surface area contributed by atoms with Gasteiger partial charge in [-0.25, -0.2) is 4.98 Å². The zero-order valence-corrected chi connectivity index (χ0v) is 14.0. The van der Waals surface area contributed by atoms with Gasteiger partial charge in [0.25, 0.3) is 11.2 Å². The van der Waals surface area contributed by atoms with Crippen molar-refractivity contribution < 1.29 is 9.66 Å². The Morgan fingerprint density at radius 3 is 2.88 bits per heavy atom. The van der Waals surface area contributed by atoms with Crippen LogP contribution >= 0.6 is 15.9 Å². The van der Waals surface area contributed by atoms with Gasteiger partial charge in [-0.15, -0.1) is 0 Å². The van der Waals surface area contributed by atoms with Crippen molar-refractivity contribution in [2.45, 2.75) is 6.54 Å². The molecule has 0 saturated carbocycles. The number of nitro benzene ring substituents is 1. The summed E-state index contributed by atoms with van der Waals surface area (Å²) in [5, 5.41) is 11.3. The van der Waals surface area contributed by atoms with Crippen molar-refractivity contribution in [1.82, 2.24) is 9.55 Å². The lowest BCUT2D eigenvalue weighted by Crippen LogP contribution is -2.23. The molecule has 0 atom stereocenters. The summed E-state index contributed by atoms with van der Waals surface area (Å²) in [5.41, 5.74) is 0.421. The Bertz CT molecular complexity index is 971. The summed E-state index contributed by atoms with van der Waals surface area (Å²) < 4.78 is 7.75. The predicted molar refractivity (Wildman–Crippen MR) is 92.3 cm³/mol. The van der Waals surface area contributed by atoms with Crippen LogP contribution in [0.2, 0.25) is 0 Å². The maximum atomic E-state index is 12.4. The largest absolute Gasteiger partial charge is 0.491 e. The molecule has 3 aromatic rings. The van der Waals surface area contributed by atoms with E-state index in [-0.39, 0.29) is 24.4 Å². The minimum Gasteiger partial charge on any atom is -0.491 e. The van der Waals surface area contributed by atoms with Gasteiger partial charge in [0.1, 0.15) is 12.4 Å². The minimum absolute atomic E-state index is 0.0399. The summed E-state index contributed by atoms with van der Waals surface area (Å²) in [4.78, 5) is 26.9. The fourth-order valence-electron chi connectivity index (χ4n) is 2.24. The van der Waals surface area contributed by atoms with Crippen LogP contribution in [-0.2, 0) is 6.54 Å². The number of non-ortho nitro benzene ring substituents is 1. The molecule has 2 aromatic carbocycles. The number of fused-ring (bicyclic) bond motifs is 1. The molecule has 0 fully saturated rings. The number of benzene rings is 2. The topological polar surface area (TPSA) is 87.3 Å². The molecule has 0 unspecified atom stereocenters. The maximum absolute atomic E-state index is 12.4. The van der Waals surface area contributed by atoms with Crippen molar-refractivity contribution in [3.63, 3.8) is 0 Å². The van der Waals surface area contributed by atoms with Gasteiger partial charge in [0, 0.05) is 10.5 Å². The highest BCUT2D eigenvalue weighted by Crippen LogP contribution is 2.19. The first kappa shape index (κ1) is 16.1. The van der Waals surface area contributed by atoms with Crippen LogP contribution in [-0.4, -0.2) is 21.1 Å². The number of nitro groups is 1. The van der Waals surface area contributed by atoms with E-state index in [0.717, 1.165) is 4.47 Å². The molecule has 0 saturated heterocycles. The molecule has 0 aliphatic rings. The summed E-state index contributed by atoms with van der Waals surface area (Å²) in [6.45, 7) is 0.485. The van der Waals surface area contributed by atoms with Crippen molar-refractivity contribution >= 4 is 32.5 Å². The van der Waals surface area contributed by atoms with E-state index in [2.05, 4.69) is 20.9 Å². The number of hydrogen-bond acceptors (Lipinski definition) is 5. The molecule has 0 amide bonds. The molecule has 0 aliphatic carbocycles. The molecule has 0 N–H and O–H groups in total. The molecule has 0 bridgehead atoms. The van der Waals surface area contributed by atoms with Crippen LogP contribution in [0.3, 0.4) is 0 Å². The first-order valence-electron chi connectivity index (χ1n) is 7.06. The SMILES string of the molecule is O=c1c2cc(Br)ccc2ncn1CCOc1cccc([N+](=O)[O-])c1. The van der Waals surface area contributed by atoms with Gasteiger partial charge in [-0.1, -0.05) is 22.0 Å². The van der Waals surface area contributed by atoms with E-state index in [4.69, 9.17) is 4.74 Å². The summed E-state index contributed by atoms with van der Waals surface area (Å²) in [6, 6.07) is 11.2. The van der Waals surface area contributed by atoms with Gasteiger partial charge < -0.3 is 4.74 Å². The first-order valence-corrected chi connectivity index (χ1v) is 7.86. The first-order chi connectivity index (χ1) is 11.5. The number of nitrogens with zero attached hydrogens (tertiary/aromatic N) is 3. The second kappa shape index (κ2) is 6.79. The predicted octanol–water partition coefficient (Wildman–Crippen LogP) is 3.15. The van der Waals surface area contributed by atoms with Crippen LogP contribution in [0.15, 0.2) is 58.1 Å². The lowest BCUT2D eigenvalue weighted by atomic mass is 10.2. The Labute approximate surface area is 144 Å². The summed E-state index contributed by atoms with van der Waals surface area (Å²) in [5.74, 6) is 0.383. The highest BCUT2D eigenvalue weighted by atomic mass is 79.9. The standard InChI is InChI=1S/C16H12BrN3O4/c17-11-4-5-15-14(8-11)16(21)19(10-18-15)6-7-24-13-3-1-2-12(9-13)20(22)23/h1-5,8-10H,6-7H2. The van der Waals surface area contributed by atoms with E-state index in [0.29, 0.717) is 16.7 Å². The number of rotatable bonds is 5. The molecule has 0 aliphatic heterocycles. The molecular formula is C16H12BrN3O4. The Morgan fingerprint density at radius 1 is 1.25 bits per heavy atom. The number of ether oxygens (including phenoxy) is 1. The van der Waals surface area contributed by atoms with Crippen LogP contribution in [0.5, 0.6) is 5.75 Å². The number of aromatic nitrogens is 2. The Balaban J connectivity index is 1.74. The van der Waals surface area contributed by atoms with Gasteiger partial charge >= 0.3 is 0 Å². The van der Waals surface area contributed by atoms with Crippen LogP contribution in [0.4, 0.5) is 5.69 Å². The zero-order valence-electron chi connectivity index (χ0n) is 12.4. The highest BCUT2D eigenvalue weighted by molar-refractivity contribution is 9.10. The smallest absolute Gasteiger partial charge is 0.273 e. The van der Waals surface area contributed by atoms with E-state index in [9.17, 15) is 14.9 Å². The lowest BCUT2D eigenvalue weighted by Gasteiger charge is -2.09. The molecule has 24 heavy (non-hydrogen) atoms. The molecule has 122 valence electrons. The second-order valence-corrected chi connectivity index (χ2v) is 5.92. The quantitative estimate of drug-likeness (QED) is 0.494. The number of halogens is 1. The third-order valence-corrected chi connectivity index (χ3v) is 3.91. The lowest BCUT2D eigenvalue weighted by molar-refractivity contribution is -0.384. The van der Waals surface area contributed by atoms with E-state index < -0.39 is 4.92 Å². The molecule has 3 rings (SSSR count). The van der Waals surface area contributed by atoms with E-state index >= 15 is 0 Å². The average Bonchev–Trinajstić information content (AvgIpc) is 2.58. The third-order valence-electron chi connectivity index (χ3n) is 3.42. The number of hydrogen-bond donors (Lipinski definition) is 0. The molecule has 7 nitrogen and oxygen atoms in total. The Morgan fingerprint density at radius 2 is 2.08 bits per heavy atom. The van der Waals surface area contributed by atoms with Crippen molar-refractivity contribution in [2.24, 2.45) is 0 Å². The molecule has 1 heterocycles. The van der Waals surface area contributed by atoms with Crippen molar-refractivity contribution in [2.75, 3.05) is 6.61 Å². The minimum atomic E-state index is -0.484. The second-order valence-electron chi connectivity index (χ2n) is 5.01. The van der Waals surface area contributed by atoms with Gasteiger partial charge in [-0.2, -0.15) is 0 Å². The molecular weight excluding hydrogens is 378 g/mol. The van der Waals surface area contributed by atoms with Gasteiger partial charge in [0.2, 0.25) is 0 Å². The Hall–Kier alpha value is -2.74. The van der Waals surface area contributed by atoms with Gasteiger partial charge in [0.05, 0.1) is 34.8 Å². The fraction of sp³-hybridized carbons (Fsp3) is 0.125. The van der Waals surface area contributed by atoms with Gasteiger partial charge in [-0.3, -0.25) is 19.5 Å². The third kappa shape index (κ3) is 3.43. The summed E-state index contributed by atoms with van der Waals surface area (Å²) in [6.07, 6.45) is 1.47. The van der Waals surface area contributed by atoms with Crippen LogP contribution in [0, 0.1) is 10.1 Å². The molecule has 8 heteroatoms. The van der Waals surface area contributed by atoms with Gasteiger partial charge in [0.15, 0.2) is 0 Å². The fourth-order valence-corrected chi connectivity index (χ4v) is 2.60. The highest BCUT2D eigenvalue weighted by Gasteiger charge is 2.07. The van der Waals surface area contributed by atoms with Gasteiger partial charge in [-0.05, 0) is 24.3 Å². The van der Waals surface area contributed by atoms with Crippen molar-refractivity contribution in [3.8, 4) is 5.75 Å². The monoisotopic (exact) mass is 389 g/mol. The summed E-state index contributed by atoms with van der Waals surface area (Å²) >= 11 is 3.34. The van der Waals surface area contributed by atoms with Crippen molar-refractivity contribution in [1.29, 1.82) is 0 Å². The van der Waals surface area contributed by atoms with Crippen molar-refractivity contribution in [3.05, 3.63) is 73.7 Å². The molecule has 0 radical (unpaired) electrons. The van der Waals surface area contributed by atoms with Crippen LogP contribution in [0.1, 0.15) is 0 Å². The van der Waals surface area contributed by atoms with Crippen LogP contribution in [0.25, 0.3) is 10.9 Å². The van der Waals surface area contributed by atoms with E-state index in [1.165, 1.54) is 23.0 Å². The van der Waals surface area contributed by atoms with E-state index in [1.807, 2.05) is 6.07 Å². The zero-order chi connectivity index (χ0) is 17.1. The average molecular weight is 390 g/mol. The summed E-state index contributed by atoms with van der Waals surface area (Å²) in [7, 11) is 0. The van der Waals surface area contributed by atoms with Crippen LogP contribution < -0.4 is 10.3 Å². The molecule has 0 spiro atoms. The van der Waals surface area contributed by atoms with E-state index in [1.54, 1.807) is 24.3 Å². The Kier molecular flexibility index (Phi) is 4.57. The maximum Gasteiger partial charge on any atom is 0.273 e. The molecule has 1 aromatic heterocycles.